The maximum atomic E-state index is 3.77. The van der Waals surface area contributed by atoms with Gasteiger partial charge in [0.25, 0.3) is 0 Å². The van der Waals surface area contributed by atoms with Crippen LogP contribution in [0.3, 0.4) is 0 Å². The minimum atomic E-state index is 0.440. The summed E-state index contributed by atoms with van der Waals surface area (Å²) in [7, 11) is 4.17. The standard InChI is InChI=1S/C18H30N2/c1-5-18(12-6-7-13-18)14-19-15(2)16-8-10-17(11-9-16)20(3)4/h8-11,15,19H,5-7,12-14H2,1-4H3. The summed E-state index contributed by atoms with van der Waals surface area (Å²) in [6, 6.07) is 9.35. The predicted molar refractivity (Wildman–Crippen MR) is 88.4 cm³/mol. The van der Waals surface area contributed by atoms with E-state index in [-0.39, 0.29) is 0 Å². The molecule has 1 unspecified atom stereocenters. The Kier molecular flexibility index (Phi) is 5.09. The monoisotopic (exact) mass is 274 g/mol. The van der Waals surface area contributed by atoms with E-state index in [0.717, 1.165) is 0 Å². The van der Waals surface area contributed by atoms with Crippen molar-refractivity contribution in [2.75, 3.05) is 25.5 Å². The summed E-state index contributed by atoms with van der Waals surface area (Å²) in [5, 5.41) is 3.77. The molecule has 2 heteroatoms. The number of nitrogens with one attached hydrogen (secondary N) is 1. The molecule has 1 saturated carbocycles. The number of anilines is 1. The van der Waals surface area contributed by atoms with Crippen molar-refractivity contribution in [3.05, 3.63) is 29.8 Å². The third-order valence-corrected chi connectivity index (χ3v) is 5.11. The molecular weight excluding hydrogens is 244 g/mol. The lowest BCUT2D eigenvalue weighted by molar-refractivity contribution is 0.259. The van der Waals surface area contributed by atoms with E-state index in [9.17, 15) is 0 Å². The van der Waals surface area contributed by atoms with E-state index in [1.807, 2.05) is 0 Å². The van der Waals surface area contributed by atoms with Gasteiger partial charge in [0, 0.05) is 32.4 Å². The van der Waals surface area contributed by atoms with Crippen LogP contribution in [0.4, 0.5) is 5.69 Å². The van der Waals surface area contributed by atoms with E-state index < -0.39 is 0 Å². The van der Waals surface area contributed by atoms with Gasteiger partial charge in [0.05, 0.1) is 0 Å². The highest BCUT2D eigenvalue weighted by Crippen LogP contribution is 2.40. The van der Waals surface area contributed by atoms with E-state index >= 15 is 0 Å². The number of nitrogens with zero attached hydrogens (tertiary/aromatic N) is 1. The minimum Gasteiger partial charge on any atom is -0.378 e. The van der Waals surface area contributed by atoms with Gasteiger partial charge in [-0.15, -0.1) is 0 Å². The van der Waals surface area contributed by atoms with Crippen molar-refractivity contribution in [1.29, 1.82) is 0 Å². The first kappa shape index (κ1) is 15.4. The first-order valence-corrected chi connectivity index (χ1v) is 8.07. The average Bonchev–Trinajstić information content (AvgIpc) is 2.94. The van der Waals surface area contributed by atoms with Crippen LogP contribution in [-0.4, -0.2) is 20.6 Å². The average molecular weight is 274 g/mol. The Morgan fingerprint density at radius 3 is 2.25 bits per heavy atom. The van der Waals surface area contributed by atoms with Gasteiger partial charge in [-0.1, -0.05) is 31.9 Å². The largest absolute Gasteiger partial charge is 0.378 e. The van der Waals surface area contributed by atoms with E-state index in [1.165, 1.54) is 49.9 Å². The summed E-state index contributed by atoms with van der Waals surface area (Å²) in [5.41, 5.74) is 3.22. The molecule has 20 heavy (non-hydrogen) atoms. The zero-order valence-electron chi connectivity index (χ0n) is 13.6. The van der Waals surface area contributed by atoms with Crippen molar-refractivity contribution in [2.24, 2.45) is 5.41 Å². The molecule has 2 rings (SSSR count). The molecule has 0 amide bonds. The molecule has 1 atom stereocenters. The highest BCUT2D eigenvalue weighted by Gasteiger charge is 2.31. The quantitative estimate of drug-likeness (QED) is 0.828. The van der Waals surface area contributed by atoms with Crippen molar-refractivity contribution < 1.29 is 0 Å². The number of hydrogen-bond acceptors (Lipinski definition) is 2. The number of hydrogen-bond donors (Lipinski definition) is 1. The molecule has 0 saturated heterocycles. The molecule has 1 fully saturated rings. The van der Waals surface area contributed by atoms with Crippen molar-refractivity contribution in [3.63, 3.8) is 0 Å². The molecular formula is C18H30N2. The van der Waals surface area contributed by atoms with Crippen LogP contribution >= 0.6 is 0 Å². The van der Waals surface area contributed by atoms with Crippen LogP contribution in [0.2, 0.25) is 0 Å². The van der Waals surface area contributed by atoms with E-state index in [1.54, 1.807) is 0 Å². The fraction of sp³-hybridized carbons (Fsp3) is 0.667. The van der Waals surface area contributed by atoms with Gasteiger partial charge in [0.15, 0.2) is 0 Å². The molecule has 1 aliphatic carbocycles. The molecule has 0 radical (unpaired) electrons. The summed E-state index contributed by atoms with van der Waals surface area (Å²) in [6.45, 7) is 5.80. The molecule has 1 aromatic carbocycles. The van der Waals surface area contributed by atoms with Gasteiger partial charge in [-0.3, -0.25) is 0 Å². The summed E-state index contributed by atoms with van der Waals surface area (Å²) < 4.78 is 0. The van der Waals surface area contributed by atoms with Gasteiger partial charge in [-0.05, 0) is 49.3 Å². The fourth-order valence-electron chi connectivity index (χ4n) is 3.33. The van der Waals surface area contributed by atoms with Crippen LogP contribution in [0.25, 0.3) is 0 Å². The highest BCUT2D eigenvalue weighted by atomic mass is 15.1. The van der Waals surface area contributed by atoms with Gasteiger partial charge in [0.2, 0.25) is 0 Å². The maximum absolute atomic E-state index is 3.77. The molecule has 0 aromatic heterocycles. The zero-order chi connectivity index (χ0) is 14.6. The smallest absolute Gasteiger partial charge is 0.0361 e. The van der Waals surface area contributed by atoms with Gasteiger partial charge in [-0.25, -0.2) is 0 Å². The lowest BCUT2D eigenvalue weighted by Gasteiger charge is -2.30. The maximum Gasteiger partial charge on any atom is 0.0361 e. The van der Waals surface area contributed by atoms with E-state index in [4.69, 9.17) is 0 Å². The van der Waals surface area contributed by atoms with Crippen molar-refractivity contribution in [1.82, 2.24) is 5.32 Å². The van der Waals surface area contributed by atoms with E-state index in [0.29, 0.717) is 11.5 Å². The first-order chi connectivity index (χ1) is 9.56. The summed E-state index contributed by atoms with van der Waals surface area (Å²) in [4.78, 5) is 2.15. The molecule has 2 nitrogen and oxygen atoms in total. The van der Waals surface area contributed by atoms with Crippen LogP contribution in [0.15, 0.2) is 24.3 Å². The Hall–Kier alpha value is -1.02. The second-order valence-electron chi connectivity index (χ2n) is 6.65. The Labute approximate surface area is 124 Å². The second-order valence-corrected chi connectivity index (χ2v) is 6.65. The molecule has 0 aliphatic heterocycles. The SMILES string of the molecule is CCC1(CNC(C)c2ccc(N(C)C)cc2)CCCC1. The van der Waals surface area contributed by atoms with Crippen LogP contribution in [0.5, 0.6) is 0 Å². The lowest BCUT2D eigenvalue weighted by atomic mass is 9.83. The minimum absolute atomic E-state index is 0.440. The molecule has 0 heterocycles. The Morgan fingerprint density at radius 1 is 1.15 bits per heavy atom. The Morgan fingerprint density at radius 2 is 1.75 bits per heavy atom. The molecule has 1 aromatic rings. The Bertz CT molecular complexity index is 402. The first-order valence-electron chi connectivity index (χ1n) is 8.07. The van der Waals surface area contributed by atoms with Crippen LogP contribution in [0.1, 0.15) is 57.6 Å². The highest BCUT2D eigenvalue weighted by molar-refractivity contribution is 5.46. The molecule has 0 bridgehead atoms. The van der Waals surface area contributed by atoms with Crippen LogP contribution in [0, 0.1) is 5.41 Å². The summed E-state index contributed by atoms with van der Waals surface area (Å²) in [6.07, 6.45) is 6.96. The third kappa shape index (κ3) is 3.54. The summed E-state index contributed by atoms with van der Waals surface area (Å²) >= 11 is 0. The Balaban J connectivity index is 1.92. The third-order valence-electron chi connectivity index (χ3n) is 5.11. The topological polar surface area (TPSA) is 15.3 Å². The molecule has 1 N–H and O–H groups in total. The normalized spacial score (nSPS) is 19.0. The zero-order valence-corrected chi connectivity index (χ0v) is 13.6. The molecule has 1 aliphatic rings. The molecule has 112 valence electrons. The second kappa shape index (κ2) is 6.62. The summed E-state index contributed by atoms with van der Waals surface area (Å²) in [5.74, 6) is 0. The van der Waals surface area contributed by atoms with Gasteiger partial charge < -0.3 is 10.2 Å². The van der Waals surface area contributed by atoms with Gasteiger partial charge in [-0.2, -0.15) is 0 Å². The fourth-order valence-corrected chi connectivity index (χ4v) is 3.33. The van der Waals surface area contributed by atoms with Crippen LogP contribution in [-0.2, 0) is 0 Å². The van der Waals surface area contributed by atoms with Crippen molar-refractivity contribution in [3.8, 4) is 0 Å². The van der Waals surface area contributed by atoms with Gasteiger partial charge >= 0.3 is 0 Å². The van der Waals surface area contributed by atoms with Crippen molar-refractivity contribution in [2.45, 2.75) is 52.0 Å². The predicted octanol–water partition coefficient (Wildman–Crippen LogP) is 4.37. The number of rotatable bonds is 6. The van der Waals surface area contributed by atoms with E-state index in [2.05, 4.69) is 62.4 Å². The van der Waals surface area contributed by atoms with Crippen LogP contribution < -0.4 is 10.2 Å². The molecule has 0 spiro atoms. The lowest BCUT2D eigenvalue weighted by Crippen LogP contribution is -2.33. The van der Waals surface area contributed by atoms with Gasteiger partial charge in [0.1, 0.15) is 0 Å². The van der Waals surface area contributed by atoms with Crippen molar-refractivity contribution >= 4 is 5.69 Å². The number of benzene rings is 1.